The summed E-state index contributed by atoms with van der Waals surface area (Å²) in [6, 6.07) is 2.67. The van der Waals surface area contributed by atoms with Crippen LogP contribution < -0.4 is 10.5 Å². The molecule has 0 aliphatic carbocycles. The highest BCUT2D eigenvalue weighted by atomic mass is 35.5. The third kappa shape index (κ3) is 4.85. The Labute approximate surface area is 132 Å². The number of anilines is 1. The maximum atomic E-state index is 12.4. The van der Waals surface area contributed by atoms with Crippen molar-refractivity contribution in [3.05, 3.63) is 22.7 Å². The highest BCUT2D eigenvalue weighted by molar-refractivity contribution is 7.89. The average molecular weight is 334 g/mol. The molecule has 0 amide bonds. The minimum Gasteiger partial charge on any atom is -0.398 e. The number of benzene rings is 1. The standard InChI is InChI=1S/C14H24ClN3O2S/c1-5-18(6-2)9-10(3)17-21(19,20)12-7-13(15)11(4)14(16)8-12/h7-8,10,17H,5-6,9,16H2,1-4H3. The number of nitrogen functional groups attached to an aromatic ring is 1. The molecule has 1 atom stereocenters. The van der Waals surface area contributed by atoms with Crippen LogP contribution in [0.4, 0.5) is 5.69 Å². The van der Waals surface area contributed by atoms with Crippen molar-refractivity contribution in [1.82, 2.24) is 9.62 Å². The fourth-order valence-corrected chi connectivity index (χ4v) is 3.66. The molecule has 0 saturated carbocycles. The second-order valence-corrected chi connectivity index (χ2v) is 7.25. The molecule has 21 heavy (non-hydrogen) atoms. The first kappa shape index (κ1) is 18.2. The minimum absolute atomic E-state index is 0.0991. The fourth-order valence-electron chi connectivity index (χ4n) is 2.07. The average Bonchev–Trinajstić information content (AvgIpc) is 2.40. The molecule has 3 N–H and O–H groups in total. The molecule has 0 fully saturated rings. The van der Waals surface area contributed by atoms with E-state index < -0.39 is 10.0 Å². The van der Waals surface area contributed by atoms with Crippen LogP contribution >= 0.6 is 11.6 Å². The van der Waals surface area contributed by atoms with E-state index in [1.165, 1.54) is 12.1 Å². The normalized spacial score (nSPS) is 13.6. The van der Waals surface area contributed by atoms with Crippen LogP contribution in [-0.2, 0) is 10.0 Å². The van der Waals surface area contributed by atoms with Crippen LogP contribution in [0.1, 0.15) is 26.3 Å². The summed E-state index contributed by atoms with van der Waals surface area (Å²) in [5.41, 5.74) is 6.85. The van der Waals surface area contributed by atoms with Crippen LogP contribution in [0.5, 0.6) is 0 Å². The molecule has 1 aromatic carbocycles. The van der Waals surface area contributed by atoms with Crippen molar-refractivity contribution in [1.29, 1.82) is 0 Å². The van der Waals surface area contributed by atoms with E-state index >= 15 is 0 Å². The number of rotatable bonds is 7. The highest BCUT2D eigenvalue weighted by Crippen LogP contribution is 2.25. The van der Waals surface area contributed by atoms with E-state index in [1.807, 2.05) is 20.8 Å². The molecule has 120 valence electrons. The number of nitrogens with zero attached hydrogens (tertiary/aromatic N) is 1. The SMILES string of the molecule is CCN(CC)CC(C)NS(=O)(=O)c1cc(N)c(C)c(Cl)c1. The van der Waals surface area contributed by atoms with E-state index in [9.17, 15) is 8.42 Å². The predicted octanol–water partition coefficient (Wildman–Crippen LogP) is 2.24. The molecule has 0 spiro atoms. The maximum Gasteiger partial charge on any atom is 0.240 e. The molecule has 5 nitrogen and oxygen atoms in total. The zero-order chi connectivity index (χ0) is 16.2. The number of sulfonamides is 1. The number of hydrogen-bond acceptors (Lipinski definition) is 4. The Bertz CT molecular complexity index is 563. The van der Waals surface area contributed by atoms with Gasteiger partial charge in [0.25, 0.3) is 0 Å². The summed E-state index contributed by atoms with van der Waals surface area (Å²) in [5.74, 6) is 0. The second kappa shape index (κ2) is 7.45. The molecule has 0 heterocycles. The molecule has 0 aliphatic rings. The van der Waals surface area contributed by atoms with Crippen molar-refractivity contribution in [2.24, 2.45) is 0 Å². The van der Waals surface area contributed by atoms with Crippen LogP contribution in [0.15, 0.2) is 17.0 Å². The van der Waals surface area contributed by atoms with Gasteiger partial charge in [0.2, 0.25) is 10.0 Å². The van der Waals surface area contributed by atoms with Gasteiger partial charge in [0.1, 0.15) is 0 Å². The minimum atomic E-state index is -3.62. The first-order valence-corrected chi connectivity index (χ1v) is 8.87. The lowest BCUT2D eigenvalue weighted by Gasteiger charge is -2.23. The maximum absolute atomic E-state index is 12.4. The fraction of sp³-hybridized carbons (Fsp3) is 0.571. The zero-order valence-corrected chi connectivity index (χ0v) is 14.6. The molecular formula is C14H24ClN3O2S. The Morgan fingerprint density at radius 3 is 2.38 bits per heavy atom. The van der Waals surface area contributed by atoms with E-state index in [-0.39, 0.29) is 10.9 Å². The van der Waals surface area contributed by atoms with Crippen molar-refractivity contribution >= 4 is 27.3 Å². The lowest BCUT2D eigenvalue weighted by atomic mass is 10.2. The largest absolute Gasteiger partial charge is 0.398 e. The molecule has 1 rings (SSSR count). The van der Waals surface area contributed by atoms with Gasteiger partial charge >= 0.3 is 0 Å². The third-order valence-electron chi connectivity index (χ3n) is 3.45. The summed E-state index contributed by atoms with van der Waals surface area (Å²) in [4.78, 5) is 2.26. The molecular weight excluding hydrogens is 310 g/mol. The van der Waals surface area contributed by atoms with Gasteiger partial charge in [-0.2, -0.15) is 0 Å². The van der Waals surface area contributed by atoms with Gasteiger partial charge in [0.05, 0.1) is 4.90 Å². The topological polar surface area (TPSA) is 75.4 Å². The van der Waals surface area contributed by atoms with Crippen molar-refractivity contribution in [2.75, 3.05) is 25.4 Å². The van der Waals surface area contributed by atoms with Crippen molar-refractivity contribution in [3.8, 4) is 0 Å². The van der Waals surface area contributed by atoms with E-state index in [1.54, 1.807) is 6.92 Å². The highest BCUT2D eigenvalue weighted by Gasteiger charge is 2.20. The van der Waals surface area contributed by atoms with Gasteiger partial charge in [-0.05, 0) is 44.6 Å². The van der Waals surface area contributed by atoms with Gasteiger partial charge in [0.15, 0.2) is 0 Å². The van der Waals surface area contributed by atoms with Crippen LogP contribution in [0.2, 0.25) is 5.02 Å². The van der Waals surface area contributed by atoms with Crippen molar-refractivity contribution in [2.45, 2.75) is 38.6 Å². The van der Waals surface area contributed by atoms with Crippen LogP contribution in [0, 0.1) is 6.92 Å². The van der Waals surface area contributed by atoms with Gasteiger partial charge in [-0.15, -0.1) is 0 Å². The summed E-state index contributed by atoms with van der Waals surface area (Å²) >= 11 is 6.01. The molecule has 0 saturated heterocycles. The molecule has 7 heteroatoms. The summed E-state index contributed by atoms with van der Waals surface area (Å²) in [5, 5.41) is 0.353. The summed E-state index contributed by atoms with van der Waals surface area (Å²) in [6.07, 6.45) is 0. The lowest BCUT2D eigenvalue weighted by molar-refractivity contribution is 0.282. The lowest BCUT2D eigenvalue weighted by Crippen LogP contribution is -2.41. The van der Waals surface area contributed by atoms with Crippen molar-refractivity contribution < 1.29 is 8.42 Å². The smallest absolute Gasteiger partial charge is 0.240 e. The Balaban J connectivity index is 2.92. The Morgan fingerprint density at radius 2 is 1.90 bits per heavy atom. The quantitative estimate of drug-likeness (QED) is 0.750. The van der Waals surface area contributed by atoms with Gasteiger partial charge < -0.3 is 10.6 Å². The Morgan fingerprint density at radius 1 is 1.33 bits per heavy atom. The monoisotopic (exact) mass is 333 g/mol. The molecule has 0 radical (unpaired) electrons. The van der Waals surface area contributed by atoms with Crippen LogP contribution in [0.3, 0.4) is 0 Å². The first-order chi connectivity index (χ1) is 9.71. The summed E-state index contributed by atoms with van der Waals surface area (Å²) < 4.78 is 27.4. The summed E-state index contributed by atoms with van der Waals surface area (Å²) in [7, 11) is -3.62. The van der Waals surface area contributed by atoms with E-state index in [0.717, 1.165) is 13.1 Å². The molecule has 0 aliphatic heterocycles. The number of nitrogens with two attached hydrogens (primary N) is 1. The van der Waals surface area contributed by atoms with Gasteiger partial charge in [-0.3, -0.25) is 0 Å². The molecule has 0 bridgehead atoms. The predicted molar refractivity (Wildman–Crippen MR) is 88.2 cm³/mol. The molecule has 1 aromatic rings. The molecule has 0 aromatic heterocycles. The Kier molecular flexibility index (Phi) is 6.46. The third-order valence-corrected chi connectivity index (χ3v) is 5.41. The zero-order valence-electron chi connectivity index (χ0n) is 13.0. The Hall–Kier alpha value is -0.820. The number of nitrogens with one attached hydrogen (secondary N) is 1. The second-order valence-electron chi connectivity index (χ2n) is 5.13. The van der Waals surface area contributed by atoms with E-state index in [4.69, 9.17) is 17.3 Å². The van der Waals surface area contributed by atoms with E-state index in [0.29, 0.717) is 22.8 Å². The summed E-state index contributed by atoms with van der Waals surface area (Å²) in [6.45, 7) is 10.1. The van der Waals surface area contributed by atoms with Crippen LogP contribution in [0.25, 0.3) is 0 Å². The van der Waals surface area contributed by atoms with E-state index in [2.05, 4.69) is 9.62 Å². The van der Waals surface area contributed by atoms with Crippen molar-refractivity contribution in [3.63, 3.8) is 0 Å². The number of likely N-dealkylation sites (N-methyl/N-ethyl adjacent to an activating group) is 1. The van der Waals surface area contributed by atoms with Gasteiger partial charge in [-0.1, -0.05) is 25.4 Å². The van der Waals surface area contributed by atoms with Gasteiger partial charge in [-0.25, -0.2) is 13.1 Å². The van der Waals surface area contributed by atoms with Gasteiger partial charge in [0, 0.05) is 23.3 Å². The first-order valence-electron chi connectivity index (χ1n) is 7.01. The molecule has 1 unspecified atom stereocenters. The number of hydrogen-bond donors (Lipinski definition) is 2. The van der Waals surface area contributed by atoms with Crippen LogP contribution in [-0.4, -0.2) is 39.0 Å². The number of halogens is 1.